The minimum atomic E-state index is -0.271. The molecule has 1 N–H and O–H groups in total. The van der Waals surface area contributed by atoms with Crippen LogP contribution < -0.4 is 10.1 Å². The van der Waals surface area contributed by atoms with E-state index < -0.39 is 0 Å². The number of nitrogens with one attached hydrogen (secondary N) is 1. The summed E-state index contributed by atoms with van der Waals surface area (Å²) >= 11 is 4.61. The van der Waals surface area contributed by atoms with E-state index in [0.717, 1.165) is 15.2 Å². The summed E-state index contributed by atoms with van der Waals surface area (Å²) in [4.78, 5) is 16.1. The molecule has 3 aromatic rings. The fourth-order valence-electron chi connectivity index (χ4n) is 1.88. The summed E-state index contributed by atoms with van der Waals surface area (Å²) in [6, 6.07) is 11.3. The molecule has 0 aliphatic carbocycles. The van der Waals surface area contributed by atoms with E-state index in [1.165, 1.54) is 17.5 Å². The van der Waals surface area contributed by atoms with Crippen LogP contribution in [0, 0.1) is 0 Å². The molecule has 0 bridgehead atoms. The molecular weight excluding hydrogens is 392 g/mol. The van der Waals surface area contributed by atoms with Gasteiger partial charge in [-0.1, -0.05) is 29.5 Å². The second-order valence-electron chi connectivity index (χ2n) is 4.76. The van der Waals surface area contributed by atoms with Crippen LogP contribution in [-0.4, -0.2) is 27.7 Å². The highest BCUT2D eigenvalue weighted by Crippen LogP contribution is 2.18. The summed E-state index contributed by atoms with van der Waals surface area (Å²) in [5.41, 5.74) is 0.452. The number of para-hydroxylation sites is 1. The van der Waals surface area contributed by atoms with Crippen molar-refractivity contribution in [2.75, 3.05) is 11.9 Å². The predicted octanol–water partition coefficient (Wildman–Crippen LogP) is 3.57. The van der Waals surface area contributed by atoms with Crippen molar-refractivity contribution in [3.63, 3.8) is 0 Å². The van der Waals surface area contributed by atoms with Crippen LogP contribution in [0.3, 0.4) is 0 Å². The van der Waals surface area contributed by atoms with Gasteiger partial charge < -0.3 is 4.74 Å². The van der Waals surface area contributed by atoms with E-state index in [9.17, 15) is 4.79 Å². The summed E-state index contributed by atoms with van der Waals surface area (Å²) in [5.74, 6) is 0.546. The van der Waals surface area contributed by atoms with Gasteiger partial charge in [-0.15, -0.1) is 10.2 Å². The minimum Gasteiger partial charge on any atom is -0.493 e. The van der Waals surface area contributed by atoms with Crippen LogP contribution in [0.25, 0.3) is 0 Å². The molecule has 0 saturated heterocycles. The third-order valence-corrected chi connectivity index (χ3v) is 4.31. The van der Waals surface area contributed by atoms with Gasteiger partial charge in [0.1, 0.15) is 10.8 Å². The van der Waals surface area contributed by atoms with Crippen molar-refractivity contribution in [3.8, 4) is 5.75 Å². The van der Waals surface area contributed by atoms with Gasteiger partial charge in [0.05, 0.1) is 12.2 Å². The Bertz CT molecular complexity index is 826. The van der Waals surface area contributed by atoms with Gasteiger partial charge >= 0.3 is 0 Å². The Kier molecular flexibility index (Phi) is 5.50. The van der Waals surface area contributed by atoms with Gasteiger partial charge in [-0.25, -0.2) is 0 Å². The number of nitrogens with zero attached hydrogens (tertiary/aromatic N) is 3. The highest BCUT2D eigenvalue weighted by atomic mass is 79.9. The largest absolute Gasteiger partial charge is 0.493 e. The van der Waals surface area contributed by atoms with E-state index in [-0.39, 0.29) is 5.91 Å². The van der Waals surface area contributed by atoms with E-state index in [0.29, 0.717) is 23.7 Å². The number of ether oxygens (including phenoxy) is 1. The lowest BCUT2D eigenvalue weighted by Gasteiger charge is -2.03. The maximum Gasteiger partial charge on any atom is 0.259 e. The Morgan fingerprint density at radius 2 is 2.04 bits per heavy atom. The van der Waals surface area contributed by atoms with Gasteiger partial charge in [-0.2, -0.15) is 0 Å². The summed E-state index contributed by atoms with van der Waals surface area (Å²) in [7, 11) is 0. The second-order valence-corrected chi connectivity index (χ2v) is 6.74. The van der Waals surface area contributed by atoms with Gasteiger partial charge in [-0.3, -0.25) is 15.1 Å². The number of hydrogen-bond acceptors (Lipinski definition) is 6. The molecule has 0 aliphatic heterocycles. The second kappa shape index (κ2) is 7.98. The number of carbonyl (C=O) groups is 1. The minimum absolute atomic E-state index is 0.271. The Morgan fingerprint density at radius 3 is 2.83 bits per heavy atom. The van der Waals surface area contributed by atoms with Crippen LogP contribution in [0.5, 0.6) is 5.75 Å². The summed E-state index contributed by atoms with van der Waals surface area (Å²) < 4.78 is 6.36. The first-order valence-corrected chi connectivity index (χ1v) is 8.74. The number of hydrogen-bond donors (Lipinski definition) is 1. The number of amides is 1. The van der Waals surface area contributed by atoms with Crippen LogP contribution >= 0.6 is 27.3 Å². The Labute approximate surface area is 151 Å². The van der Waals surface area contributed by atoms with E-state index in [1.54, 1.807) is 12.3 Å². The molecule has 0 atom stereocenters. The molecule has 0 spiro atoms. The van der Waals surface area contributed by atoms with Crippen molar-refractivity contribution in [1.29, 1.82) is 0 Å². The molecule has 0 fully saturated rings. The summed E-state index contributed by atoms with van der Waals surface area (Å²) in [6.45, 7) is 0.502. The lowest BCUT2D eigenvalue weighted by atomic mass is 10.3. The molecule has 0 radical (unpaired) electrons. The standard InChI is InChI=1S/C16H13BrN4O2S/c17-12-8-11(9-18-10-12)15(22)19-16-21-20-14(24-16)6-7-23-13-4-2-1-3-5-13/h1-5,8-10H,6-7H2,(H,19,21,22). The van der Waals surface area contributed by atoms with Crippen molar-refractivity contribution in [1.82, 2.24) is 15.2 Å². The van der Waals surface area contributed by atoms with E-state index in [1.807, 2.05) is 30.3 Å². The Balaban J connectivity index is 1.53. The Morgan fingerprint density at radius 1 is 1.21 bits per heavy atom. The lowest BCUT2D eigenvalue weighted by molar-refractivity contribution is 0.102. The molecule has 2 aromatic heterocycles. The SMILES string of the molecule is O=C(Nc1nnc(CCOc2ccccc2)s1)c1cncc(Br)c1. The maximum absolute atomic E-state index is 12.1. The van der Waals surface area contributed by atoms with Crippen molar-refractivity contribution in [3.05, 3.63) is 63.8 Å². The van der Waals surface area contributed by atoms with Crippen LogP contribution in [0.15, 0.2) is 53.3 Å². The zero-order valence-electron chi connectivity index (χ0n) is 12.5. The zero-order valence-corrected chi connectivity index (χ0v) is 14.9. The Hall–Kier alpha value is -2.32. The maximum atomic E-state index is 12.1. The molecule has 1 amide bonds. The number of anilines is 1. The average molecular weight is 405 g/mol. The lowest BCUT2D eigenvalue weighted by Crippen LogP contribution is -2.11. The van der Waals surface area contributed by atoms with Crippen LogP contribution in [0.2, 0.25) is 0 Å². The molecule has 2 heterocycles. The predicted molar refractivity (Wildman–Crippen MR) is 95.4 cm³/mol. The van der Waals surface area contributed by atoms with E-state index in [4.69, 9.17) is 4.74 Å². The van der Waals surface area contributed by atoms with Crippen LogP contribution in [0.4, 0.5) is 5.13 Å². The van der Waals surface area contributed by atoms with Crippen LogP contribution in [-0.2, 0) is 6.42 Å². The topological polar surface area (TPSA) is 77.0 Å². The van der Waals surface area contributed by atoms with Gasteiger partial charge in [0, 0.05) is 23.3 Å². The first-order valence-electron chi connectivity index (χ1n) is 7.13. The average Bonchev–Trinajstić information content (AvgIpc) is 3.03. The van der Waals surface area contributed by atoms with Crippen molar-refractivity contribution in [2.45, 2.75) is 6.42 Å². The summed E-state index contributed by atoms with van der Waals surface area (Å²) in [5, 5.41) is 12.0. The fraction of sp³-hybridized carbons (Fsp3) is 0.125. The fourth-order valence-corrected chi connectivity index (χ4v) is 2.96. The third kappa shape index (κ3) is 4.59. The monoisotopic (exact) mass is 404 g/mol. The third-order valence-electron chi connectivity index (χ3n) is 2.98. The summed E-state index contributed by atoms with van der Waals surface area (Å²) in [6.07, 6.45) is 3.74. The highest BCUT2D eigenvalue weighted by molar-refractivity contribution is 9.10. The van der Waals surface area contributed by atoms with E-state index >= 15 is 0 Å². The molecule has 122 valence electrons. The molecule has 3 rings (SSSR count). The van der Waals surface area contributed by atoms with Gasteiger partial charge in [0.2, 0.25) is 5.13 Å². The molecular formula is C16H13BrN4O2S. The first-order chi connectivity index (χ1) is 11.7. The van der Waals surface area contributed by atoms with E-state index in [2.05, 4.69) is 36.4 Å². The zero-order chi connectivity index (χ0) is 16.8. The molecule has 24 heavy (non-hydrogen) atoms. The molecule has 0 aliphatic rings. The van der Waals surface area contributed by atoms with Crippen molar-refractivity contribution >= 4 is 38.3 Å². The smallest absolute Gasteiger partial charge is 0.259 e. The number of pyridine rings is 1. The normalized spacial score (nSPS) is 10.4. The van der Waals surface area contributed by atoms with Gasteiger partial charge in [0.15, 0.2) is 0 Å². The number of halogens is 1. The number of rotatable bonds is 6. The first kappa shape index (κ1) is 16.5. The molecule has 6 nitrogen and oxygen atoms in total. The molecule has 0 unspecified atom stereocenters. The quantitative estimate of drug-likeness (QED) is 0.679. The van der Waals surface area contributed by atoms with Crippen molar-refractivity contribution < 1.29 is 9.53 Å². The van der Waals surface area contributed by atoms with Gasteiger partial charge in [0.25, 0.3) is 5.91 Å². The molecule has 0 saturated carbocycles. The van der Waals surface area contributed by atoms with Crippen molar-refractivity contribution in [2.24, 2.45) is 0 Å². The molecule has 1 aromatic carbocycles. The number of carbonyl (C=O) groups excluding carboxylic acids is 1. The highest BCUT2D eigenvalue weighted by Gasteiger charge is 2.11. The number of aromatic nitrogens is 3. The molecule has 8 heteroatoms. The number of benzene rings is 1. The van der Waals surface area contributed by atoms with Crippen LogP contribution in [0.1, 0.15) is 15.4 Å². The van der Waals surface area contributed by atoms with Gasteiger partial charge in [-0.05, 0) is 34.1 Å².